The zero-order valence-electron chi connectivity index (χ0n) is 14.2. The number of aromatic nitrogens is 1. The summed E-state index contributed by atoms with van der Waals surface area (Å²) in [5.41, 5.74) is 2.06. The smallest absolute Gasteiger partial charge is 0.258 e. The number of nitrogens with zero attached hydrogens (tertiary/aromatic N) is 1. The second kappa shape index (κ2) is 7.98. The molecular weight excluding hydrogens is 336 g/mol. The maximum Gasteiger partial charge on any atom is 0.258 e. The maximum absolute atomic E-state index is 11.9. The van der Waals surface area contributed by atoms with E-state index < -0.39 is 0 Å². The summed E-state index contributed by atoms with van der Waals surface area (Å²) in [6.45, 7) is 4.34. The van der Waals surface area contributed by atoms with Crippen LogP contribution in [0.25, 0.3) is 11.5 Å². The van der Waals surface area contributed by atoms with Crippen LogP contribution in [0.15, 0.2) is 46.2 Å². The number of nitrogens with one attached hydrogen (secondary N) is 1. The van der Waals surface area contributed by atoms with E-state index >= 15 is 0 Å². The molecule has 3 rings (SSSR count). The average Bonchev–Trinajstić information content (AvgIpc) is 3.27. The normalized spacial score (nSPS) is 10.6. The van der Waals surface area contributed by atoms with Gasteiger partial charge < -0.3 is 14.5 Å². The van der Waals surface area contributed by atoms with E-state index in [1.165, 1.54) is 5.56 Å². The van der Waals surface area contributed by atoms with Gasteiger partial charge in [0, 0.05) is 5.38 Å². The third-order valence-electron chi connectivity index (χ3n) is 3.69. The Bertz CT molecular complexity index is 836. The number of aryl methyl sites for hydroxylation is 2. The lowest BCUT2D eigenvalue weighted by molar-refractivity contribution is -0.123. The summed E-state index contributed by atoms with van der Waals surface area (Å²) in [4.78, 5) is 16.3. The maximum atomic E-state index is 11.9. The van der Waals surface area contributed by atoms with E-state index in [9.17, 15) is 4.79 Å². The Morgan fingerprint density at radius 3 is 2.72 bits per heavy atom. The number of rotatable bonds is 7. The van der Waals surface area contributed by atoms with E-state index in [0.717, 1.165) is 17.1 Å². The van der Waals surface area contributed by atoms with Crippen molar-refractivity contribution in [1.29, 1.82) is 0 Å². The number of thiazole rings is 1. The second-order valence-electron chi connectivity index (χ2n) is 5.58. The van der Waals surface area contributed by atoms with Crippen molar-refractivity contribution in [2.75, 3.05) is 6.61 Å². The molecule has 0 bridgehead atoms. The molecule has 1 N–H and O–H groups in total. The van der Waals surface area contributed by atoms with Gasteiger partial charge in [0.1, 0.15) is 17.2 Å². The lowest BCUT2D eigenvalue weighted by Crippen LogP contribution is -2.28. The zero-order chi connectivity index (χ0) is 17.6. The minimum Gasteiger partial charge on any atom is -0.484 e. The van der Waals surface area contributed by atoms with Gasteiger partial charge in [0.25, 0.3) is 5.91 Å². The first-order valence-corrected chi connectivity index (χ1v) is 9.01. The zero-order valence-corrected chi connectivity index (χ0v) is 15.1. The van der Waals surface area contributed by atoms with Crippen LogP contribution >= 0.6 is 11.3 Å². The van der Waals surface area contributed by atoms with Crippen molar-refractivity contribution in [2.24, 2.45) is 0 Å². The fourth-order valence-electron chi connectivity index (χ4n) is 2.29. The lowest BCUT2D eigenvalue weighted by atomic mass is 10.2. The van der Waals surface area contributed by atoms with Gasteiger partial charge in [-0.25, -0.2) is 4.98 Å². The molecule has 0 fully saturated rings. The predicted octanol–water partition coefficient (Wildman–Crippen LogP) is 3.97. The molecule has 0 saturated heterocycles. The van der Waals surface area contributed by atoms with Gasteiger partial charge in [-0.1, -0.05) is 19.1 Å². The molecule has 0 aliphatic heterocycles. The summed E-state index contributed by atoms with van der Waals surface area (Å²) in [5.74, 6) is 1.88. The molecule has 0 radical (unpaired) electrons. The van der Waals surface area contributed by atoms with Crippen molar-refractivity contribution in [3.63, 3.8) is 0 Å². The van der Waals surface area contributed by atoms with E-state index in [1.807, 2.05) is 48.7 Å². The Morgan fingerprint density at radius 1 is 1.24 bits per heavy atom. The number of benzene rings is 1. The quantitative estimate of drug-likeness (QED) is 0.696. The van der Waals surface area contributed by atoms with Gasteiger partial charge in [0.2, 0.25) is 0 Å². The second-order valence-corrected chi connectivity index (χ2v) is 6.64. The molecule has 0 atom stereocenters. The van der Waals surface area contributed by atoms with Crippen LogP contribution in [0.3, 0.4) is 0 Å². The van der Waals surface area contributed by atoms with Crippen molar-refractivity contribution < 1.29 is 13.9 Å². The van der Waals surface area contributed by atoms with E-state index in [1.54, 1.807) is 11.3 Å². The van der Waals surface area contributed by atoms with Crippen LogP contribution in [0, 0.1) is 6.92 Å². The van der Waals surface area contributed by atoms with Gasteiger partial charge in [-0.3, -0.25) is 4.79 Å². The van der Waals surface area contributed by atoms with E-state index in [0.29, 0.717) is 23.8 Å². The Morgan fingerprint density at radius 2 is 2.04 bits per heavy atom. The summed E-state index contributed by atoms with van der Waals surface area (Å²) < 4.78 is 11.2. The SMILES string of the molecule is CCc1ccc(OCC(=O)NCc2ccc(-c3csc(C)n3)o2)cc1. The third-order valence-corrected chi connectivity index (χ3v) is 4.47. The molecule has 5 nitrogen and oxygen atoms in total. The fraction of sp³-hybridized carbons (Fsp3) is 0.263. The first-order valence-electron chi connectivity index (χ1n) is 8.13. The summed E-state index contributed by atoms with van der Waals surface area (Å²) in [5, 5.41) is 5.73. The molecule has 0 aliphatic carbocycles. The molecule has 0 unspecified atom stereocenters. The van der Waals surface area contributed by atoms with Crippen molar-refractivity contribution in [3.8, 4) is 17.2 Å². The van der Waals surface area contributed by atoms with Crippen molar-refractivity contribution >= 4 is 17.2 Å². The average molecular weight is 356 g/mol. The van der Waals surface area contributed by atoms with Gasteiger partial charge in [-0.15, -0.1) is 11.3 Å². The highest BCUT2D eigenvalue weighted by molar-refractivity contribution is 7.09. The minimum atomic E-state index is -0.193. The van der Waals surface area contributed by atoms with Crippen molar-refractivity contribution in [3.05, 3.63) is 58.1 Å². The number of carbonyl (C=O) groups is 1. The number of carbonyl (C=O) groups excluding carboxylic acids is 1. The van der Waals surface area contributed by atoms with Gasteiger partial charge in [-0.2, -0.15) is 0 Å². The van der Waals surface area contributed by atoms with Gasteiger partial charge in [0.15, 0.2) is 12.4 Å². The lowest BCUT2D eigenvalue weighted by Gasteiger charge is -2.07. The van der Waals surface area contributed by atoms with E-state index in [2.05, 4.69) is 17.2 Å². The number of hydrogen-bond donors (Lipinski definition) is 1. The van der Waals surface area contributed by atoms with Crippen LogP contribution in [0.1, 0.15) is 23.3 Å². The van der Waals surface area contributed by atoms with Crippen molar-refractivity contribution in [1.82, 2.24) is 10.3 Å². The highest BCUT2D eigenvalue weighted by Crippen LogP contribution is 2.23. The van der Waals surface area contributed by atoms with Crippen LogP contribution in [0.2, 0.25) is 0 Å². The number of ether oxygens (including phenoxy) is 1. The molecular formula is C19H20N2O3S. The van der Waals surface area contributed by atoms with Crippen LogP contribution in [-0.2, 0) is 17.8 Å². The summed E-state index contributed by atoms with van der Waals surface area (Å²) in [6.07, 6.45) is 0.979. The topological polar surface area (TPSA) is 64.4 Å². The molecule has 1 amide bonds. The minimum absolute atomic E-state index is 0.0235. The molecule has 0 saturated carbocycles. The number of amides is 1. The molecule has 0 spiro atoms. The number of furan rings is 1. The third kappa shape index (κ3) is 4.70. The van der Waals surface area contributed by atoms with Crippen LogP contribution < -0.4 is 10.1 Å². The highest BCUT2D eigenvalue weighted by atomic mass is 32.1. The monoisotopic (exact) mass is 356 g/mol. The van der Waals surface area contributed by atoms with Gasteiger partial charge in [0.05, 0.1) is 11.6 Å². The fourth-order valence-corrected chi connectivity index (χ4v) is 2.90. The van der Waals surface area contributed by atoms with Gasteiger partial charge in [-0.05, 0) is 43.2 Å². The predicted molar refractivity (Wildman–Crippen MR) is 97.7 cm³/mol. The molecule has 25 heavy (non-hydrogen) atoms. The molecule has 0 aliphatic rings. The Hall–Kier alpha value is -2.60. The first-order chi connectivity index (χ1) is 12.1. The highest BCUT2D eigenvalue weighted by Gasteiger charge is 2.09. The number of hydrogen-bond acceptors (Lipinski definition) is 5. The van der Waals surface area contributed by atoms with E-state index in [4.69, 9.17) is 9.15 Å². The van der Waals surface area contributed by atoms with Gasteiger partial charge >= 0.3 is 0 Å². The van der Waals surface area contributed by atoms with Crippen LogP contribution in [0.5, 0.6) is 5.75 Å². The molecule has 3 aromatic rings. The largest absolute Gasteiger partial charge is 0.484 e. The summed E-state index contributed by atoms with van der Waals surface area (Å²) >= 11 is 1.58. The molecule has 1 aromatic carbocycles. The molecule has 2 aromatic heterocycles. The Balaban J connectivity index is 1.46. The Kier molecular flexibility index (Phi) is 5.50. The van der Waals surface area contributed by atoms with Crippen LogP contribution in [-0.4, -0.2) is 17.5 Å². The summed E-state index contributed by atoms with van der Waals surface area (Å²) in [6, 6.07) is 11.5. The molecule has 6 heteroatoms. The standard InChI is InChI=1S/C19H20N2O3S/c1-3-14-4-6-15(7-5-14)23-11-19(22)20-10-16-8-9-18(24-16)17-12-25-13(2)21-17/h4-9,12H,3,10-11H2,1-2H3,(H,20,22). The van der Waals surface area contributed by atoms with Crippen molar-refractivity contribution in [2.45, 2.75) is 26.8 Å². The summed E-state index contributed by atoms with van der Waals surface area (Å²) in [7, 11) is 0. The molecule has 2 heterocycles. The van der Waals surface area contributed by atoms with Crippen LogP contribution in [0.4, 0.5) is 0 Å². The molecule has 130 valence electrons. The Labute approximate surface area is 150 Å². The first kappa shape index (κ1) is 17.2. The van der Waals surface area contributed by atoms with E-state index in [-0.39, 0.29) is 12.5 Å².